The molecule has 2 aromatic heterocycles. The lowest BCUT2D eigenvalue weighted by Gasteiger charge is -1.97. The summed E-state index contributed by atoms with van der Waals surface area (Å²) in [7, 11) is -2.82. The van der Waals surface area contributed by atoms with Crippen LogP contribution in [-0.4, -0.2) is 22.0 Å². The summed E-state index contributed by atoms with van der Waals surface area (Å²) < 4.78 is 37.2. The summed E-state index contributed by atoms with van der Waals surface area (Å²) in [5.41, 5.74) is 2.51. The molecule has 4 rings (SSSR count). The number of pyridine rings is 1. The third-order valence-corrected chi connectivity index (χ3v) is 3.65. The maximum absolute atomic E-state index is 8.63. The highest BCUT2D eigenvalue weighted by Crippen LogP contribution is 2.22. The maximum atomic E-state index is 8.63. The predicted molar refractivity (Wildman–Crippen MR) is 85.9 cm³/mol. The fraction of sp³-hybridized carbons (Fsp3) is 0.0625. The van der Waals surface area contributed by atoms with E-state index in [4.69, 9.17) is 17.5 Å². The van der Waals surface area contributed by atoms with Gasteiger partial charge in [0.25, 0.3) is 0 Å². The number of fused-ring (bicyclic) bond motifs is 4. The van der Waals surface area contributed by atoms with Crippen LogP contribution in [0.5, 0.6) is 0 Å². The van der Waals surface area contributed by atoms with E-state index in [9.17, 15) is 0 Å². The molecule has 118 valence electrons. The van der Waals surface area contributed by atoms with Crippen molar-refractivity contribution in [3.05, 3.63) is 60.8 Å². The van der Waals surface area contributed by atoms with Gasteiger partial charge < -0.3 is 4.55 Å². The molecule has 1 N–H and O–H groups in total. The topological polar surface area (TPSA) is 85.7 Å². The average Bonchev–Trinajstić information content (AvgIpc) is 2.77. The van der Waals surface area contributed by atoms with Crippen molar-refractivity contribution in [1.29, 1.82) is 0 Å². The lowest BCUT2D eigenvalue weighted by molar-refractivity contribution is -0.713. The van der Waals surface area contributed by atoms with Crippen molar-refractivity contribution in [2.24, 2.45) is 7.05 Å². The van der Waals surface area contributed by atoms with Crippen molar-refractivity contribution in [3.63, 3.8) is 0 Å². The zero-order chi connectivity index (χ0) is 16.6. The van der Waals surface area contributed by atoms with Gasteiger partial charge in [0, 0.05) is 11.5 Å². The van der Waals surface area contributed by atoms with Crippen LogP contribution in [0.15, 0.2) is 60.8 Å². The summed E-state index contributed by atoms with van der Waals surface area (Å²) in [6.07, 6.45) is 2.20. The Morgan fingerprint density at radius 2 is 1.61 bits per heavy atom. The van der Waals surface area contributed by atoms with Crippen molar-refractivity contribution in [2.45, 2.75) is 0 Å². The molecule has 6 nitrogen and oxygen atoms in total. The molecule has 4 aromatic rings. The first-order chi connectivity index (χ1) is 10.8. The molecule has 0 spiro atoms. The molecular formula is C16H14N2O4S. The van der Waals surface area contributed by atoms with Gasteiger partial charge in [-0.15, -0.1) is 9.20 Å². The summed E-state index contributed by atoms with van der Waals surface area (Å²) in [4.78, 5) is 0. The van der Waals surface area contributed by atoms with Gasteiger partial charge >= 0.3 is 0 Å². The molecule has 0 atom stereocenters. The first-order valence-corrected chi connectivity index (χ1v) is 8.17. The minimum Gasteiger partial charge on any atom is -0.726 e. The Morgan fingerprint density at radius 3 is 2.30 bits per heavy atom. The molecule has 0 radical (unpaired) electrons. The van der Waals surface area contributed by atoms with Crippen LogP contribution in [0.25, 0.3) is 27.2 Å². The second-order valence-corrected chi connectivity index (χ2v) is 5.96. The van der Waals surface area contributed by atoms with Crippen molar-refractivity contribution >= 4 is 37.6 Å². The molecule has 0 aliphatic carbocycles. The van der Waals surface area contributed by atoms with Gasteiger partial charge in [0.05, 0.1) is 11.6 Å². The number of nitrogens with zero attached hydrogens (tertiary/aromatic N) is 2. The quantitative estimate of drug-likeness (QED) is 0.304. The molecule has 23 heavy (non-hydrogen) atoms. The van der Waals surface area contributed by atoms with Crippen LogP contribution in [0.3, 0.4) is 0 Å². The Morgan fingerprint density at radius 1 is 1.04 bits per heavy atom. The van der Waals surface area contributed by atoms with Gasteiger partial charge in [0.15, 0.2) is 7.05 Å². The van der Waals surface area contributed by atoms with E-state index in [0.29, 0.717) is 0 Å². The van der Waals surface area contributed by atoms with E-state index >= 15 is 0 Å². The van der Waals surface area contributed by atoms with Gasteiger partial charge in [0.2, 0.25) is 15.9 Å². The van der Waals surface area contributed by atoms with Crippen molar-refractivity contribution in [1.82, 2.24) is 4.52 Å². The van der Waals surface area contributed by atoms with Gasteiger partial charge in [-0.25, -0.2) is 8.42 Å². The fourth-order valence-electron chi connectivity index (χ4n) is 2.71. The Balaban J connectivity index is 0.000000276. The lowest BCUT2D eigenvalue weighted by Crippen LogP contribution is -2.34. The number of hydrogen-bond acceptors (Lipinski definition) is 3. The van der Waals surface area contributed by atoms with Crippen LogP contribution >= 0.6 is 0 Å². The molecule has 0 saturated carbocycles. The number of aromatic nitrogens is 2. The second kappa shape index (κ2) is 5.62. The first kappa shape index (κ1) is 15.4. The molecule has 2 heterocycles. The third-order valence-electron chi connectivity index (χ3n) is 3.65. The monoisotopic (exact) mass is 330 g/mol. The second-order valence-electron chi connectivity index (χ2n) is 5.10. The van der Waals surface area contributed by atoms with Crippen LogP contribution in [0.1, 0.15) is 0 Å². The SMILES string of the molecule is C[n+]1c2ccccc2c2cc3ccccc3cn21.O=S(=O)([O-])O. The zero-order valence-electron chi connectivity index (χ0n) is 12.2. The normalized spacial score (nSPS) is 11.6. The molecule has 0 amide bonds. The summed E-state index contributed by atoms with van der Waals surface area (Å²) in [6, 6.07) is 19.3. The third kappa shape index (κ3) is 3.16. The van der Waals surface area contributed by atoms with Gasteiger partial charge in [0.1, 0.15) is 5.52 Å². The van der Waals surface area contributed by atoms with Crippen LogP contribution in [-0.2, 0) is 17.4 Å². The lowest BCUT2D eigenvalue weighted by atomic mass is 10.1. The Kier molecular flexibility index (Phi) is 3.77. The number of para-hydroxylation sites is 1. The van der Waals surface area contributed by atoms with Crippen LogP contribution in [0.4, 0.5) is 0 Å². The predicted octanol–water partition coefficient (Wildman–Crippen LogP) is 2.07. The molecule has 7 heteroatoms. The Labute approximate surface area is 132 Å². The van der Waals surface area contributed by atoms with Gasteiger partial charge in [-0.3, -0.25) is 4.55 Å². The van der Waals surface area contributed by atoms with Crippen molar-refractivity contribution in [2.75, 3.05) is 0 Å². The van der Waals surface area contributed by atoms with E-state index in [1.54, 1.807) is 0 Å². The van der Waals surface area contributed by atoms with E-state index < -0.39 is 10.4 Å². The smallest absolute Gasteiger partial charge is 0.239 e. The van der Waals surface area contributed by atoms with Crippen molar-refractivity contribution < 1.29 is 22.2 Å². The van der Waals surface area contributed by atoms with E-state index in [1.165, 1.54) is 27.2 Å². The van der Waals surface area contributed by atoms with Gasteiger partial charge in [-0.05, 0) is 17.5 Å². The Bertz CT molecular complexity index is 1110. The molecular weight excluding hydrogens is 316 g/mol. The summed E-state index contributed by atoms with van der Waals surface area (Å²) in [6.45, 7) is 0. The number of aryl methyl sites for hydroxylation is 1. The molecule has 0 aliphatic rings. The largest absolute Gasteiger partial charge is 0.726 e. The van der Waals surface area contributed by atoms with E-state index in [1.807, 2.05) is 0 Å². The van der Waals surface area contributed by atoms with Crippen LogP contribution < -0.4 is 4.68 Å². The van der Waals surface area contributed by atoms with Gasteiger partial charge in [-0.1, -0.05) is 36.4 Å². The molecule has 0 aliphatic heterocycles. The Hall–Kier alpha value is -2.48. The van der Waals surface area contributed by atoms with Crippen molar-refractivity contribution in [3.8, 4) is 0 Å². The fourth-order valence-corrected chi connectivity index (χ4v) is 2.71. The van der Waals surface area contributed by atoms with Crippen LogP contribution in [0, 0.1) is 0 Å². The number of benzene rings is 2. The summed E-state index contributed by atoms with van der Waals surface area (Å²) >= 11 is 0. The zero-order valence-corrected chi connectivity index (χ0v) is 13.1. The summed E-state index contributed by atoms with van der Waals surface area (Å²) in [5, 5.41) is 3.85. The highest BCUT2D eigenvalue weighted by molar-refractivity contribution is 7.79. The van der Waals surface area contributed by atoms with Crippen LogP contribution in [0.2, 0.25) is 0 Å². The molecule has 0 unspecified atom stereocenters. The van der Waals surface area contributed by atoms with E-state index in [2.05, 4.69) is 77.0 Å². The standard InChI is InChI=1S/C16H13N2.H2O4S/c1-17-15-9-5-4-8-14(15)16-10-12-6-2-3-7-13(12)11-18(16)17;1-5(2,3)4/h2-11H,1H3;(H2,1,2,3,4)/q+1;/p-1. The van der Waals surface area contributed by atoms with E-state index in [0.717, 1.165) is 0 Å². The molecule has 0 saturated heterocycles. The number of rotatable bonds is 0. The minimum atomic E-state index is -4.92. The summed E-state index contributed by atoms with van der Waals surface area (Å²) in [5.74, 6) is 0. The number of hydrogen-bond donors (Lipinski definition) is 1. The average molecular weight is 330 g/mol. The molecule has 2 aromatic carbocycles. The van der Waals surface area contributed by atoms with E-state index in [-0.39, 0.29) is 0 Å². The minimum absolute atomic E-state index is 1.26. The molecule has 0 bridgehead atoms. The highest BCUT2D eigenvalue weighted by atomic mass is 32.3. The first-order valence-electron chi connectivity index (χ1n) is 6.81. The van der Waals surface area contributed by atoms with Gasteiger partial charge in [-0.2, -0.15) is 0 Å². The maximum Gasteiger partial charge on any atom is 0.239 e. The molecule has 0 fully saturated rings. The highest BCUT2D eigenvalue weighted by Gasteiger charge is 2.14.